The maximum Gasteiger partial charge on any atom is 0.180 e. The highest BCUT2D eigenvalue weighted by Crippen LogP contribution is 2.35. The Bertz CT molecular complexity index is 520. The molecule has 0 bridgehead atoms. The number of benzene rings is 1. The van der Waals surface area contributed by atoms with Gasteiger partial charge >= 0.3 is 0 Å². The van der Waals surface area contributed by atoms with Crippen LogP contribution in [0.1, 0.15) is 43.9 Å². The highest BCUT2D eigenvalue weighted by atomic mass is 32.2. The fourth-order valence-electron chi connectivity index (χ4n) is 2.30. The lowest BCUT2D eigenvalue weighted by Gasteiger charge is -2.13. The van der Waals surface area contributed by atoms with E-state index in [1.165, 1.54) is 5.56 Å². The second-order valence-corrected chi connectivity index (χ2v) is 6.85. The molecule has 0 radical (unpaired) electrons. The maximum absolute atomic E-state index is 12.0. The van der Waals surface area contributed by atoms with E-state index < -0.39 is 9.84 Å². The zero-order chi connectivity index (χ0) is 12.6. The van der Waals surface area contributed by atoms with Crippen molar-refractivity contribution in [2.75, 3.05) is 12.3 Å². The number of rotatable bonds is 3. The summed E-state index contributed by atoms with van der Waals surface area (Å²) in [6.07, 6.45) is 0. The molecule has 1 aromatic rings. The highest BCUT2D eigenvalue weighted by molar-refractivity contribution is 7.91. The summed E-state index contributed by atoms with van der Waals surface area (Å²) in [6.45, 7) is 7.02. The van der Waals surface area contributed by atoms with E-state index in [9.17, 15) is 8.42 Å². The highest BCUT2D eigenvalue weighted by Gasteiger charge is 2.34. The number of nitrogens with one attached hydrogen (secondary N) is 1. The van der Waals surface area contributed by atoms with Crippen LogP contribution in [0, 0.1) is 0 Å². The van der Waals surface area contributed by atoms with Gasteiger partial charge in [-0.15, -0.1) is 0 Å². The lowest BCUT2D eigenvalue weighted by Crippen LogP contribution is -2.22. The van der Waals surface area contributed by atoms with Gasteiger partial charge in [-0.2, -0.15) is 0 Å². The molecule has 4 heteroatoms. The second-order valence-electron chi connectivity index (χ2n) is 4.84. The first kappa shape index (κ1) is 12.6. The Balaban J connectivity index is 2.51. The molecule has 1 N–H and O–H groups in total. The zero-order valence-electron chi connectivity index (χ0n) is 10.5. The predicted molar refractivity (Wildman–Crippen MR) is 69.0 cm³/mol. The Morgan fingerprint density at radius 3 is 2.71 bits per heavy atom. The number of hydrogen-bond donors (Lipinski definition) is 1. The van der Waals surface area contributed by atoms with E-state index in [1.807, 2.05) is 19.1 Å². The molecular weight excluding hydrogens is 234 g/mol. The van der Waals surface area contributed by atoms with E-state index in [-0.39, 0.29) is 11.8 Å². The van der Waals surface area contributed by atoms with Crippen molar-refractivity contribution in [3.05, 3.63) is 29.3 Å². The van der Waals surface area contributed by atoms with Gasteiger partial charge in [-0.1, -0.05) is 32.9 Å². The molecule has 17 heavy (non-hydrogen) atoms. The van der Waals surface area contributed by atoms with Crippen molar-refractivity contribution in [2.45, 2.75) is 37.6 Å². The van der Waals surface area contributed by atoms with Gasteiger partial charge in [-0.25, -0.2) is 8.42 Å². The average Bonchev–Trinajstić information content (AvgIpc) is 2.51. The Kier molecular flexibility index (Phi) is 3.27. The molecule has 1 atom stereocenters. The zero-order valence-corrected chi connectivity index (χ0v) is 11.3. The first-order chi connectivity index (χ1) is 7.95. The summed E-state index contributed by atoms with van der Waals surface area (Å²) < 4.78 is 24.0. The van der Waals surface area contributed by atoms with E-state index in [4.69, 9.17) is 0 Å². The second kappa shape index (κ2) is 4.42. The molecule has 0 aromatic heterocycles. The third-order valence-electron chi connectivity index (χ3n) is 3.25. The third-order valence-corrected chi connectivity index (χ3v) is 5.06. The molecule has 94 valence electrons. The van der Waals surface area contributed by atoms with E-state index in [0.717, 1.165) is 12.1 Å². The first-order valence-corrected chi connectivity index (χ1v) is 7.71. The van der Waals surface area contributed by atoms with Gasteiger partial charge < -0.3 is 5.32 Å². The monoisotopic (exact) mass is 253 g/mol. The average molecular weight is 253 g/mol. The minimum absolute atomic E-state index is 0.0429. The van der Waals surface area contributed by atoms with Crippen molar-refractivity contribution in [3.8, 4) is 0 Å². The van der Waals surface area contributed by atoms with Gasteiger partial charge in [-0.3, -0.25) is 0 Å². The van der Waals surface area contributed by atoms with Crippen LogP contribution in [0.25, 0.3) is 0 Å². The van der Waals surface area contributed by atoms with Crippen LogP contribution >= 0.6 is 0 Å². The van der Waals surface area contributed by atoms with Crippen LogP contribution in [0.5, 0.6) is 0 Å². The van der Waals surface area contributed by atoms with Gasteiger partial charge in [-0.05, 0) is 29.7 Å². The standard InChI is InChI=1S/C13H19NO2S/c1-4-14-12-8-17(15,16)13-6-5-10(9(2)3)7-11(12)13/h5-7,9,12,14H,4,8H2,1-3H3. The number of fused-ring (bicyclic) bond motifs is 1. The molecule has 0 spiro atoms. The topological polar surface area (TPSA) is 46.2 Å². The summed E-state index contributed by atoms with van der Waals surface area (Å²) in [5, 5.41) is 3.24. The van der Waals surface area contributed by atoms with Gasteiger partial charge in [0.15, 0.2) is 9.84 Å². The predicted octanol–water partition coefficient (Wildman–Crippen LogP) is 2.25. The van der Waals surface area contributed by atoms with Crippen LogP contribution in [-0.4, -0.2) is 20.7 Å². The van der Waals surface area contributed by atoms with Crippen LogP contribution in [0.2, 0.25) is 0 Å². The summed E-state index contributed by atoms with van der Waals surface area (Å²) in [5.41, 5.74) is 2.14. The molecule has 1 heterocycles. The van der Waals surface area contributed by atoms with E-state index in [1.54, 1.807) is 6.07 Å². The van der Waals surface area contributed by atoms with Crippen molar-refractivity contribution < 1.29 is 8.42 Å². The SMILES string of the molecule is CCNC1CS(=O)(=O)c2ccc(C(C)C)cc21. The van der Waals surface area contributed by atoms with Gasteiger partial charge in [0, 0.05) is 6.04 Å². The van der Waals surface area contributed by atoms with Crippen molar-refractivity contribution in [1.82, 2.24) is 5.32 Å². The van der Waals surface area contributed by atoms with Gasteiger partial charge in [0.2, 0.25) is 0 Å². The molecule has 2 rings (SSSR count). The third kappa shape index (κ3) is 2.24. The maximum atomic E-state index is 12.0. The number of hydrogen-bond acceptors (Lipinski definition) is 3. The van der Waals surface area contributed by atoms with Gasteiger partial charge in [0.25, 0.3) is 0 Å². The van der Waals surface area contributed by atoms with Gasteiger partial charge in [0.1, 0.15) is 0 Å². The molecular formula is C13H19NO2S. The minimum Gasteiger partial charge on any atom is -0.309 e. The lowest BCUT2D eigenvalue weighted by atomic mass is 9.98. The Morgan fingerprint density at radius 2 is 2.12 bits per heavy atom. The van der Waals surface area contributed by atoms with Gasteiger partial charge in [0.05, 0.1) is 10.6 Å². The van der Waals surface area contributed by atoms with Crippen LogP contribution in [0.4, 0.5) is 0 Å². The molecule has 0 saturated carbocycles. The summed E-state index contributed by atoms with van der Waals surface area (Å²) in [5.74, 6) is 0.614. The van der Waals surface area contributed by atoms with Crippen molar-refractivity contribution in [3.63, 3.8) is 0 Å². The molecule has 0 amide bonds. The van der Waals surface area contributed by atoms with Crippen molar-refractivity contribution in [2.24, 2.45) is 0 Å². The minimum atomic E-state index is -3.08. The first-order valence-electron chi connectivity index (χ1n) is 6.05. The van der Waals surface area contributed by atoms with Crippen LogP contribution in [0.3, 0.4) is 0 Å². The molecule has 1 aliphatic rings. The largest absolute Gasteiger partial charge is 0.309 e. The molecule has 1 unspecified atom stereocenters. The normalized spacial score (nSPS) is 21.8. The molecule has 3 nitrogen and oxygen atoms in total. The Morgan fingerprint density at radius 1 is 1.41 bits per heavy atom. The van der Waals surface area contributed by atoms with Crippen LogP contribution in [-0.2, 0) is 9.84 Å². The van der Waals surface area contributed by atoms with E-state index in [2.05, 4.69) is 19.2 Å². The van der Waals surface area contributed by atoms with Crippen molar-refractivity contribution in [1.29, 1.82) is 0 Å². The van der Waals surface area contributed by atoms with E-state index in [0.29, 0.717) is 10.8 Å². The van der Waals surface area contributed by atoms with Crippen LogP contribution < -0.4 is 5.32 Å². The molecule has 0 saturated heterocycles. The summed E-state index contributed by atoms with van der Waals surface area (Å²) in [7, 11) is -3.08. The smallest absolute Gasteiger partial charge is 0.180 e. The molecule has 1 aromatic carbocycles. The molecule has 1 aliphatic heterocycles. The molecule has 0 aliphatic carbocycles. The number of sulfone groups is 1. The quantitative estimate of drug-likeness (QED) is 0.898. The Hall–Kier alpha value is -0.870. The fourth-order valence-corrected chi connectivity index (χ4v) is 4.05. The van der Waals surface area contributed by atoms with Crippen molar-refractivity contribution >= 4 is 9.84 Å². The van der Waals surface area contributed by atoms with E-state index >= 15 is 0 Å². The summed E-state index contributed by atoms with van der Waals surface area (Å²) in [6, 6.07) is 5.68. The fraction of sp³-hybridized carbons (Fsp3) is 0.538. The summed E-state index contributed by atoms with van der Waals surface area (Å²) >= 11 is 0. The summed E-state index contributed by atoms with van der Waals surface area (Å²) in [4.78, 5) is 0.507. The Labute approximate surface area is 103 Å². The lowest BCUT2D eigenvalue weighted by molar-refractivity contribution is 0.579. The van der Waals surface area contributed by atoms with Crippen LogP contribution in [0.15, 0.2) is 23.1 Å². The molecule has 0 fully saturated rings.